The van der Waals surface area contributed by atoms with Gasteiger partial charge in [0, 0.05) is 43.6 Å². The molecule has 0 fully saturated rings. The number of hydrogen-bond acceptors (Lipinski definition) is 2. The number of nitrogens with zero attached hydrogens (tertiary/aromatic N) is 1. The van der Waals surface area contributed by atoms with Crippen molar-refractivity contribution in [2.75, 3.05) is 0 Å². The molecule has 0 N–H and O–H groups in total. The highest BCUT2D eigenvalue weighted by atomic mass is 16.3. The van der Waals surface area contributed by atoms with E-state index in [0.717, 1.165) is 88.2 Å². The lowest BCUT2D eigenvalue weighted by molar-refractivity contribution is 0.670. The molecule has 0 spiro atoms. The molecule has 51 heavy (non-hydrogen) atoms. The fourth-order valence-electron chi connectivity index (χ4n) is 8.06. The van der Waals surface area contributed by atoms with Gasteiger partial charge in [-0.3, -0.25) is 0 Å². The first-order chi connectivity index (χ1) is 25.3. The summed E-state index contributed by atoms with van der Waals surface area (Å²) in [5.41, 5.74) is 13.8. The van der Waals surface area contributed by atoms with Crippen molar-refractivity contribution in [2.45, 2.75) is 0 Å². The summed E-state index contributed by atoms with van der Waals surface area (Å²) < 4.78 is 15.6. The van der Waals surface area contributed by atoms with E-state index in [1.165, 1.54) is 16.5 Å². The van der Waals surface area contributed by atoms with Crippen LogP contribution in [0, 0.1) is 0 Å². The van der Waals surface area contributed by atoms with Gasteiger partial charge in [0.1, 0.15) is 16.7 Å². The van der Waals surface area contributed by atoms with Crippen LogP contribution in [0.4, 0.5) is 0 Å². The molecule has 238 valence electrons. The van der Waals surface area contributed by atoms with Crippen molar-refractivity contribution >= 4 is 65.7 Å². The van der Waals surface area contributed by atoms with Crippen molar-refractivity contribution in [3.05, 3.63) is 176 Å². The maximum absolute atomic E-state index is 6.85. The zero-order chi connectivity index (χ0) is 33.5. The molecule has 0 bridgehead atoms. The quantitative estimate of drug-likeness (QED) is 0.190. The number of furan rings is 2. The van der Waals surface area contributed by atoms with E-state index in [1.807, 2.05) is 18.2 Å². The van der Waals surface area contributed by atoms with E-state index in [-0.39, 0.29) is 0 Å². The molecular formula is C48H29NO2. The number of aromatic nitrogens is 1. The van der Waals surface area contributed by atoms with Crippen LogP contribution >= 0.6 is 0 Å². The van der Waals surface area contributed by atoms with Gasteiger partial charge in [0.15, 0.2) is 5.58 Å². The summed E-state index contributed by atoms with van der Waals surface area (Å²) in [6, 6.07) is 62.4. The fourth-order valence-corrected chi connectivity index (χ4v) is 8.06. The lowest BCUT2D eigenvalue weighted by Gasteiger charge is -2.11. The van der Waals surface area contributed by atoms with Crippen molar-refractivity contribution < 1.29 is 8.83 Å². The molecule has 0 aliphatic rings. The highest BCUT2D eigenvalue weighted by Crippen LogP contribution is 2.46. The molecule has 3 heteroatoms. The first-order valence-corrected chi connectivity index (χ1v) is 17.3. The molecule has 11 aromatic rings. The topological polar surface area (TPSA) is 31.2 Å². The van der Waals surface area contributed by atoms with Gasteiger partial charge in [-0.1, -0.05) is 140 Å². The predicted octanol–water partition coefficient (Wildman–Crippen LogP) is 13.6. The number of rotatable bonds is 4. The van der Waals surface area contributed by atoms with Gasteiger partial charge in [-0.2, -0.15) is 0 Å². The minimum Gasteiger partial charge on any atom is -0.455 e. The van der Waals surface area contributed by atoms with Crippen LogP contribution in [0.2, 0.25) is 0 Å². The third kappa shape index (κ3) is 4.19. The minimum absolute atomic E-state index is 0.880. The number of hydrogen-bond donors (Lipinski definition) is 0. The monoisotopic (exact) mass is 651 g/mol. The highest BCUT2D eigenvalue weighted by Gasteiger charge is 2.23. The lowest BCUT2D eigenvalue weighted by atomic mass is 9.94. The second-order valence-electron chi connectivity index (χ2n) is 13.2. The molecule has 0 amide bonds. The van der Waals surface area contributed by atoms with Crippen LogP contribution < -0.4 is 0 Å². The summed E-state index contributed by atoms with van der Waals surface area (Å²) in [6.45, 7) is 0. The Morgan fingerprint density at radius 2 is 0.922 bits per heavy atom. The predicted molar refractivity (Wildman–Crippen MR) is 212 cm³/mol. The van der Waals surface area contributed by atoms with Crippen molar-refractivity contribution in [3.8, 4) is 39.1 Å². The van der Waals surface area contributed by atoms with E-state index < -0.39 is 0 Å². The minimum atomic E-state index is 0.880. The Labute approximate surface area is 293 Å². The summed E-state index contributed by atoms with van der Waals surface area (Å²) >= 11 is 0. The van der Waals surface area contributed by atoms with Crippen LogP contribution in [0.3, 0.4) is 0 Å². The molecule has 0 aliphatic carbocycles. The Balaban J connectivity index is 1.13. The summed E-state index contributed by atoms with van der Waals surface area (Å²) in [6.07, 6.45) is 0. The normalized spacial score (nSPS) is 11.9. The second kappa shape index (κ2) is 10.8. The summed E-state index contributed by atoms with van der Waals surface area (Å²) in [4.78, 5) is 0. The molecule has 0 atom stereocenters. The Morgan fingerprint density at radius 1 is 0.353 bits per heavy atom. The van der Waals surface area contributed by atoms with Gasteiger partial charge in [-0.25, -0.2) is 0 Å². The third-order valence-electron chi connectivity index (χ3n) is 10.4. The van der Waals surface area contributed by atoms with Gasteiger partial charge in [0.05, 0.1) is 11.0 Å². The van der Waals surface area contributed by atoms with E-state index in [2.05, 4.69) is 162 Å². The summed E-state index contributed by atoms with van der Waals surface area (Å²) in [5.74, 6) is 0. The van der Waals surface area contributed by atoms with Gasteiger partial charge >= 0.3 is 0 Å². The molecule has 3 heterocycles. The molecule has 0 saturated carbocycles. The summed E-state index contributed by atoms with van der Waals surface area (Å²) in [5, 5.41) is 6.86. The lowest BCUT2D eigenvalue weighted by Crippen LogP contribution is -1.94. The zero-order valence-electron chi connectivity index (χ0n) is 27.5. The van der Waals surface area contributed by atoms with Gasteiger partial charge < -0.3 is 13.4 Å². The van der Waals surface area contributed by atoms with Crippen molar-refractivity contribution in [3.63, 3.8) is 0 Å². The van der Waals surface area contributed by atoms with Crippen molar-refractivity contribution in [1.82, 2.24) is 4.57 Å². The Kier molecular flexibility index (Phi) is 5.96. The largest absolute Gasteiger partial charge is 0.455 e. The smallest absolute Gasteiger partial charge is 0.160 e. The molecule has 0 saturated heterocycles. The molecule has 3 aromatic heterocycles. The Hall–Kier alpha value is -6.84. The molecule has 8 aromatic carbocycles. The maximum atomic E-state index is 6.85. The van der Waals surface area contributed by atoms with Crippen LogP contribution in [-0.4, -0.2) is 4.57 Å². The SMILES string of the molecule is c1ccc(-c2ccc(-n3c4ccccc4c4cc(-c5ccc(-c6cccc7c6oc6ccccc67)cc5)c5c6ccccc6oc5c43)cc2)cc1. The first kappa shape index (κ1) is 28.0. The first-order valence-electron chi connectivity index (χ1n) is 17.3. The van der Waals surface area contributed by atoms with E-state index in [4.69, 9.17) is 8.83 Å². The molecule has 3 nitrogen and oxygen atoms in total. The van der Waals surface area contributed by atoms with Crippen LogP contribution in [0.25, 0.3) is 105 Å². The van der Waals surface area contributed by atoms with Crippen LogP contribution in [0.5, 0.6) is 0 Å². The number of benzene rings is 8. The van der Waals surface area contributed by atoms with Gasteiger partial charge in [-0.05, 0) is 64.2 Å². The van der Waals surface area contributed by atoms with E-state index in [0.29, 0.717) is 0 Å². The average Bonchev–Trinajstić information content (AvgIpc) is 3.88. The van der Waals surface area contributed by atoms with E-state index in [1.54, 1.807) is 0 Å². The zero-order valence-corrected chi connectivity index (χ0v) is 27.5. The van der Waals surface area contributed by atoms with Crippen LogP contribution in [0.1, 0.15) is 0 Å². The van der Waals surface area contributed by atoms with E-state index in [9.17, 15) is 0 Å². The Morgan fingerprint density at radius 3 is 1.71 bits per heavy atom. The molecule has 0 radical (unpaired) electrons. The van der Waals surface area contributed by atoms with Crippen molar-refractivity contribution in [2.24, 2.45) is 0 Å². The van der Waals surface area contributed by atoms with Crippen molar-refractivity contribution in [1.29, 1.82) is 0 Å². The number of para-hydroxylation sites is 4. The standard InChI is InChI=1S/C48H29NO2/c1-2-11-30(12-3-1)31-25-27-34(28-26-31)49-42-18-7-4-13-36(42)41-29-40(45-39-15-6-9-20-44(39)51-48(45)46(41)49)33-23-21-32(22-24-33)35-16-10-17-38-37-14-5-8-19-43(37)50-47(35)38/h1-29H. The highest BCUT2D eigenvalue weighted by molar-refractivity contribution is 6.26. The average molecular weight is 652 g/mol. The molecule has 11 rings (SSSR count). The fraction of sp³-hybridized carbons (Fsp3) is 0. The molecule has 0 unspecified atom stereocenters. The molecule has 0 aliphatic heterocycles. The van der Waals surface area contributed by atoms with Crippen LogP contribution in [0.15, 0.2) is 185 Å². The Bertz CT molecular complexity index is 3100. The summed E-state index contributed by atoms with van der Waals surface area (Å²) in [7, 11) is 0. The third-order valence-corrected chi connectivity index (χ3v) is 10.4. The second-order valence-corrected chi connectivity index (χ2v) is 13.2. The van der Waals surface area contributed by atoms with Crippen LogP contribution in [-0.2, 0) is 0 Å². The van der Waals surface area contributed by atoms with Gasteiger partial charge in [0.25, 0.3) is 0 Å². The van der Waals surface area contributed by atoms with Gasteiger partial charge in [0.2, 0.25) is 0 Å². The van der Waals surface area contributed by atoms with E-state index >= 15 is 0 Å². The van der Waals surface area contributed by atoms with Gasteiger partial charge in [-0.15, -0.1) is 0 Å². The maximum Gasteiger partial charge on any atom is 0.160 e. The number of fused-ring (bicyclic) bond motifs is 10. The molecular weight excluding hydrogens is 623 g/mol.